The Hall–Kier alpha value is -2.01. The Labute approximate surface area is 127 Å². The van der Waals surface area contributed by atoms with Gasteiger partial charge in [0, 0.05) is 13.1 Å². The van der Waals surface area contributed by atoms with Gasteiger partial charge in [-0.2, -0.15) is 5.26 Å². The highest BCUT2D eigenvalue weighted by molar-refractivity contribution is 5.48. The van der Waals surface area contributed by atoms with Gasteiger partial charge >= 0.3 is 0 Å². The summed E-state index contributed by atoms with van der Waals surface area (Å²) >= 11 is 0. The summed E-state index contributed by atoms with van der Waals surface area (Å²) in [7, 11) is 1.60. The fourth-order valence-electron chi connectivity index (χ4n) is 2.08. The number of rotatable bonds is 6. The minimum atomic E-state index is -0.172. The van der Waals surface area contributed by atoms with Crippen LogP contribution < -0.4 is 4.74 Å². The summed E-state index contributed by atoms with van der Waals surface area (Å²) < 4.78 is 5.27. The predicted molar refractivity (Wildman–Crippen MR) is 82.7 cm³/mol. The lowest BCUT2D eigenvalue weighted by Gasteiger charge is -2.21. The summed E-state index contributed by atoms with van der Waals surface area (Å²) in [5.41, 5.74) is 1.89. The number of nitriles is 1. The van der Waals surface area contributed by atoms with Crippen LogP contribution in [0.15, 0.2) is 18.2 Å². The summed E-state index contributed by atoms with van der Waals surface area (Å²) in [6.45, 7) is 6.23. The molecule has 1 N–H and O–H groups in total. The van der Waals surface area contributed by atoms with Gasteiger partial charge in [0.2, 0.25) is 0 Å². The molecule has 1 unspecified atom stereocenters. The zero-order chi connectivity index (χ0) is 15.7. The standard InChI is InChI=1S/C17H22N2O2/c1-4-19(12-14(2)11-18)13-15-7-8-17(21-3)16(10-15)6-5-9-20/h7-8,10,14,20H,4,9,12-13H2,1-3H3. The first kappa shape index (κ1) is 17.0. The van der Waals surface area contributed by atoms with Crippen molar-refractivity contribution in [1.82, 2.24) is 4.90 Å². The number of ether oxygens (including phenoxy) is 1. The highest BCUT2D eigenvalue weighted by Gasteiger charge is 2.10. The molecule has 0 aromatic heterocycles. The second-order valence-electron chi connectivity index (χ2n) is 4.85. The molecule has 0 saturated heterocycles. The molecule has 0 amide bonds. The quantitative estimate of drug-likeness (QED) is 0.813. The molecule has 21 heavy (non-hydrogen) atoms. The summed E-state index contributed by atoms with van der Waals surface area (Å²) in [6, 6.07) is 8.12. The van der Waals surface area contributed by atoms with Crippen LogP contribution in [-0.4, -0.2) is 36.8 Å². The van der Waals surface area contributed by atoms with E-state index in [0.717, 1.165) is 30.8 Å². The van der Waals surface area contributed by atoms with Gasteiger partial charge in [0.25, 0.3) is 0 Å². The molecule has 0 radical (unpaired) electrons. The molecule has 0 saturated carbocycles. The maximum atomic E-state index is 8.92. The van der Waals surface area contributed by atoms with E-state index < -0.39 is 0 Å². The molecule has 1 rings (SSSR count). The van der Waals surface area contributed by atoms with Crippen molar-refractivity contribution in [2.45, 2.75) is 20.4 Å². The van der Waals surface area contributed by atoms with E-state index in [4.69, 9.17) is 15.1 Å². The van der Waals surface area contributed by atoms with E-state index >= 15 is 0 Å². The van der Waals surface area contributed by atoms with E-state index in [9.17, 15) is 0 Å². The maximum absolute atomic E-state index is 8.92. The molecular formula is C17H22N2O2. The van der Waals surface area contributed by atoms with Gasteiger partial charge in [-0.15, -0.1) is 0 Å². The summed E-state index contributed by atoms with van der Waals surface area (Å²) in [4.78, 5) is 2.22. The Balaban J connectivity index is 2.90. The van der Waals surface area contributed by atoms with Crippen molar-refractivity contribution in [3.8, 4) is 23.7 Å². The third-order valence-corrected chi connectivity index (χ3v) is 3.17. The van der Waals surface area contributed by atoms with Crippen LogP contribution in [0, 0.1) is 29.1 Å². The number of aliphatic hydroxyl groups excluding tert-OH is 1. The average Bonchev–Trinajstić information content (AvgIpc) is 2.52. The topological polar surface area (TPSA) is 56.5 Å². The van der Waals surface area contributed by atoms with Gasteiger partial charge in [-0.1, -0.05) is 24.8 Å². The van der Waals surface area contributed by atoms with Crippen molar-refractivity contribution < 1.29 is 9.84 Å². The molecule has 0 aliphatic heterocycles. The fraction of sp³-hybridized carbons (Fsp3) is 0.471. The van der Waals surface area contributed by atoms with E-state index in [1.165, 1.54) is 0 Å². The molecule has 1 aromatic rings. The van der Waals surface area contributed by atoms with Crippen molar-refractivity contribution in [3.05, 3.63) is 29.3 Å². The molecule has 1 atom stereocenters. The first-order valence-electron chi connectivity index (χ1n) is 7.03. The molecule has 112 valence electrons. The summed E-state index contributed by atoms with van der Waals surface area (Å²) in [6.07, 6.45) is 0. The molecule has 4 heteroatoms. The van der Waals surface area contributed by atoms with Crippen LogP contribution in [0.5, 0.6) is 5.75 Å². The van der Waals surface area contributed by atoms with Crippen molar-refractivity contribution in [2.24, 2.45) is 5.92 Å². The highest BCUT2D eigenvalue weighted by atomic mass is 16.5. The van der Waals surface area contributed by atoms with Gasteiger partial charge in [-0.25, -0.2) is 0 Å². The van der Waals surface area contributed by atoms with Gasteiger partial charge < -0.3 is 9.84 Å². The van der Waals surface area contributed by atoms with Crippen molar-refractivity contribution in [1.29, 1.82) is 5.26 Å². The third-order valence-electron chi connectivity index (χ3n) is 3.17. The molecule has 1 aromatic carbocycles. The maximum Gasteiger partial charge on any atom is 0.134 e. The first-order chi connectivity index (χ1) is 10.1. The van der Waals surface area contributed by atoms with E-state index in [1.54, 1.807) is 7.11 Å². The second-order valence-corrected chi connectivity index (χ2v) is 4.85. The Morgan fingerprint density at radius 2 is 2.19 bits per heavy atom. The van der Waals surface area contributed by atoms with Gasteiger partial charge in [0.05, 0.1) is 24.7 Å². The molecular weight excluding hydrogens is 264 g/mol. The third kappa shape index (κ3) is 5.47. The van der Waals surface area contributed by atoms with Crippen LogP contribution in [0.3, 0.4) is 0 Å². The van der Waals surface area contributed by atoms with Gasteiger partial charge in [0.1, 0.15) is 12.4 Å². The van der Waals surface area contributed by atoms with Gasteiger partial charge in [-0.05, 0) is 31.2 Å². The van der Waals surface area contributed by atoms with Crippen LogP contribution in [0.4, 0.5) is 0 Å². The largest absolute Gasteiger partial charge is 0.495 e. The van der Waals surface area contributed by atoms with Crippen LogP contribution in [-0.2, 0) is 6.54 Å². The minimum absolute atomic E-state index is 0.0110. The molecule has 0 bridgehead atoms. The fourth-order valence-corrected chi connectivity index (χ4v) is 2.08. The van der Waals surface area contributed by atoms with Crippen molar-refractivity contribution >= 4 is 0 Å². The van der Waals surface area contributed by atoms with E-state index in [2.05, 4.69) is 29.7 Å². The highest BCUT2D eigenvalue weighted by Crippen LogP contribution is 2.20. The number of benzene rings is 1. The first-order valence-corrected chi connectivity index (χ1v) is 7.03. The van der Waals surface area contributed by atoms with Crippen molar-refractivity contribution in [3.63, 3.8) is 0 Å². The molecule has 0 heterocycles. The minimum Gasteiger partial charge on any atom is -0.495 e. The smallest absolute Gasteiger partial charge is 0.134 e. The average molecular weight is 286 g/mol. The number of aliphatic hydroxyl groups is 1. The van der Waals surface area contributed by atoms with E-state index in [1.807, 2.05) is 25.1 Å². The van der Waals surface area contributed by atoms with E-state index in [-0.39, 0.29) is 12.5 Å². The lowest BCUT2D eigenvalue weighted by Crippen LogP contribution is -2.27. The molecule has 4 nitrogen and oxygen atoms in total. The lowest BCUT2D eigenvalue weighted by molar-refractivity contribution is 0.260. The lowest BCUT2D eigenvalue weighted by atomic mass is 10.1. The second kappa shape index (κ2) is 9.02. The number of nitrogens with zero attached hydrogens (tertiary/aromatic N) is 2. The SMILES string of the molecule is CCN(Cc1ccc(OC)c(C#CCO)c1)CC(C)C#N. The number of methoxy groups -OCH3 is 1. The monoisotopic (exact) mass is 286 g/mol. The van der Waals surface area contributed by atoms with Crippen LogP contribution in [0.2, 0.25) is 0 Å². The molecule has 0 aliphatic rings. The molecule has 0 spiro atoms. The van der Waals surface area contributed by atoms with Crippen LogP contribution in [0.1, 0.15) is 25.0 Å². The normalized spacial score (nSPS) is 11.4. The van der Waals surface area contributed by atoms with Crippen LogP contribution in [0.25, 0.3) is 0 Å². The summed E-state index contributed by atoms with van der Waals surface area (Å²) in [5.74, 6) is 6.26. The van der Waals surface area contributed by atoms with Gasteiger partial charge in [0.15, 0.2) is 0 Å². The summed E-state index contributed by atoms with van der Waals surface area (Å²) in [5, 5.41) is 17.7. The van der Waals surface area contributed by atoms with Crippen molar-refractivity contribution in [2.75, 3.05) is 26.8 Å². The zero-order valence-corrected chi connectivity index (χ0v) is 12.9. The molecule has 0 aliphatic carbocycles. The predicted octanol–water partition coefficient (Wildman–Crippen LogP) is 2.02. The number of hydrogen-bond acceptors (Lipinski definition) is 4. The van der Waals surface area contributed by atoms with Crippen LogP contribution >= 0.6 is 0 Å². The Kier molecular flexibility index (Phi) is 7.32. The Morgan fingerprint density at radius 1 is 1.43 bits per heavy atom. The Morgan fingerprint density at radius 3 is 2.76 bits per heavy atom. The van der Waals surface area contributed by atoms with E-state index in [0.29, 0.717) is 5.75 Å². The number of hydrogen-bond donors (Lipinski definition) is 1. The van der Waals surface area contributed by atoms with Gasteiger partial charge in [-0.3, -0.25) is 4.90 Å². The zero-order valence-electron chi connectivity index (χ0n) is 12.9. The Bertz CT molecular complexity index is 552. The molecule has 0 fully saturated rings.